The minimum Gasteiger partial charge on any atom is -0.373 e. The van der Waals surface area contributed by atoms with Crippen LogP contribution in [0.3, 0.4) is 0 Å². The largest absolute Gasteiger partial charge is 0.373 e. The number of nitrogens with zero attached hydrogens (tertiary/aromatic N) is 1. The quantitative estimate of drug-likeness (QED) is 0.537. The molecular formula is C10H16F3NO. The lowest BCUT2D eigenvalue weighted by Crippen LogP contribution is -2.53. The zero-order valence-electron chi connectivity index (χ0n) is 8.92. The van der Waals surface area contributed by atoms with E-state index in [1.165, 1.54) is 0 Å². The number of rotatable bonds is 3. The maximum Gasteiger partial charge on any atom is 0.310 e. The summed E-state index contributed by atoms with van der Waals surface area (Å²) in [4.78, 5) is 1.10. The molecule has 0 aromatic heterocycles. The molecular weight excluding hydrogens is 207 g/mol. The van der Waals surface area contributed by atoms with E-state index in [1.54, 1.807) is 13.8 Å². The molecule has 88 valence electrons. The van der Waals surface area contributed by atoms with E-state index in [1.807, 2.05) is 0 Å². The van der Waals surface area contributed by atoms with Gasteiger partial charge in [-0.25, -0.2) is 4.39 Å². The lowest BCUT2D eigenvalue weighted by Gasteiger charge is -2.38. The molecule has 2 nitrogen and oxygen atoms in total. The molecule has 1 rings (SSSR count). The number of alkyl halides is 3. The van der Waals surface area contributed by atoms with Crippen LogP contribution in [-0.2, 0) is 4.74 Å². The Hall–Kier alpha value is -0.550. The topological polar surface area (TPSA) is 12.5 Å². The predicted octanol–water partition coefficient (Wildman–Crippen LogP) is 2.21. The normalized spacial score (nSPS) is 31.3. The number of morpholine rings is 1. The highest BCUT2D eigenvalue weighted by atomic mass is 19.3. The minimum atomic E-state index is -3.50. The van der Waals surface area contributed by atoms with E-state index in [9.17, 15) is 13.2 Å². The molecule has 0 aromatic rings. The average Bonchev–Trinajstić information content (AvgIpc) is 2.15. The molecule has 0 bridgehead atoms. The van der Waals surface area contributed by atoms with Crippen LogP contribution >= 0.6 is 0 Å². The van der Waals surface area contributed by atoms with Crippen molar-refractivity contribution in [3.63, 3.8) is 0 Å². The first-order valence-electron chi connectivity index (χ1n) is 4.92. The first-order valence-corrected chi connectivity index (χ1v) is 4.92. The Morgan fingerprint density at radius 2 is 1.87 bits per heavy atom. The Balaban J connectivity index is 2.66. The van der Waals surface area contributed by atoms with Crippen LogP contribution in [0.15, 0.2) is 12.7 Å². The van der Waals surface area contributed by atoms with E-state index >= 15 is 0 Å². The highest BCUT2D eigenvalue weighted by Crippen LogP contribution is 2.27. The predicted molar refractivity (Wildman–Crippen MR) is 51.6 cm³/mol. The van der Waals surface area contributed by atoms with Gasteiger partial charge in [-0.15, -0.1) is 0 Å². The average molecular weight is 223 g/mol. The molecule has 1 aliphatic heterocycles. The molecule has 0 saturated carbocycles. The second kappa shape index (κ2) is 4.53. The Kier molecular flexibility index (Phi) is 3.78. The Morgan fingerprint density at radius 1 is 1.40 bits per heavy atom. The third-order valence-corrected chi connectivity index (χ3v) is 2.36. The first-order chi connectivity index (χ1) is 6.86. The Bertz CT molecular complexity index is 225. The van der Waals surface area contributed by atoms with Gasteiger partial charge >= 0.3 is 5.92 Å². The molecule has 0 aromatic carbocycles. The summed E-state index contributed by atoms with van der Waals surface area (Å²) in [7, 11) is 0. The Morgan fingerprint density at radius 3 is 2.27 bits per heavy atom. The first kappa shape index (κ1) is 12.5. The third-order valence-electron chi connectivity index (χ3n) is 2.36. The van der Waals surface area contributed by atoms with Gasteiger partial charge in [0.2, 0.25) is 6.30 Å². The summed E-state index contributed by atoms with van der Waals surface area (Å²) in [6.45, 7) is 6.76. The number of halogens is 3. The molecule has 0 amide bonds. The highest BCUT2D eigenvalue weighted by molar-refractivity contribution is 4.94. The second-order valence-electron chi connectivity index (χ2n) is 3.93. The molecule has 0 aliphatic carbocycles. The molecule has 1 aliphatic rings. The molecule has 0 N–H and O–H groups in total. The van der Waals surface area contributed by atoms with Gasteiger partial charge < -0.3 is 4.74 Å². The standard InChI is InChI=1S/C10H16F3NO/c1-4-10(12,13)9(11)14-5-7(2)15-8(3)6-14/h4,7-9H,1,5-6H2,2-3H3. The Labute approximate surface area is 87.7 Å². The summed E-state index contributed by atoms with van der Waals surface area (Å²) in [5.74, 6) is -3.50. The molecule has 15 heavy (non-hydrogen) atoms. The van der Waals surface area contributed by atoms with Gasteiger partial charge in [0.05, 0.1) is 12.2 Å². The molecule has 0 spiro atoms. The van der Waals surface area contributed by atoms with E-state index in [4.69, 9.17) is 4.74 Å². The van der Waals surface area contributed by atoms with Crippen LogP contribution in [0.2, 0.25) is 0 Å². The van der Waals surface area contributed by atoms with Gasteiger partial charge in [-0.2, -0.15) is 8.78 Å². The van der Waals surface area contributed by atoms with Crippen LogP contribution < -0.4 is 0 Å². The molecule has 3 unspecified atom stereocenters. The summed E-state index contributed by atoms with van der Waals surface area (Å²) in [5, 5.41) is 0. The fraction of sp³-hybridized carbons (Fsp3) is 0.800. The van der Waals surface area contributed by atoms with Crippen molar-refractivity contribution in [3.05, 3.63) is 12.7 Å². The second-order valence-corrected chi connectivity index (χ2v) is 3.93. The van der Waals surface area contributed by atoms with Crippen LogP contribution in [0.4, 0.5) is 13.2 Å². The fourth-order valence-electron chi connectivity index (χ4n) is 1.74. The summed E-state index contributed by atoms with van der Waals surface area (Å²) < 4.78 is 44.8. The highest BCUT2D eigenvalue weighted by Gasteiger charge is 2.43. The van der Waals surface area contributed by atoms with E-state index in [0.717, 1.165) is 4.90 Å². The fourth-order valence-corrected chi connectivity index (χ4v) is 1.74. The molecule has 5 heteroatoms. The van der Waals surface area contributed by atoms with Crippen LogP contribution in [0.1, 0.15) is 13.8 Å². The number of ether oxygens (including phenoxy) is 1. The van der Waals surface area contributed by atoms with Gasteiger partial charge in [0.1, 0.15) is 0 Å². The zero-order valence-corrected chi connectivity index (χ0v) is 8.92. The molecule has 1 saturated heterocycles. The van der Waals surface area contributed by atoms with Gasteiger partial charge in [-0.1, -0.05) is 6.58 Å². The van der Waals surface area contributed by atoms with Gasteiger partial charge in [0.25, 0.3) is 0 Å². The van der Waals surface area contributed by atoms with E-state index in [2.05, 4.69) is 6.58 Å². The van der Waals surface area contributed by atoms with Crippen molar-refractivity contribution < 1.29 is 17.9 Å². The van der Waals surface area contributed by atoms with E-state index < -0.39 is 12.2 Å². The zero-order chi connectivity index (χ0) is 11.6. The molecule has 3 atom stereocenters. The number of hydrogen-bond donors (Lipinski definition) is 0. The smallest absolute Gasteiger partial charge is 0.310 e. The lowest BCUT2D eigenvalue weighted by atomic mass is 10.2. The summed E-state index contributed by atoms with van der Waals surface area (Å²) in [6.07, 6.45) is -2.42. The van der Waals surface area contributed by atoms with Crippen LogP contribution in [0.25, 0.3) is 0 Å². The molecule has 1 heterocycles. The van der Waals surface area contributed by atoms with Gasteiger partial charge in [-0.3, -0.25) is 4.90 Å². The van der Waals surface area contributed by atoms with Crippen LogP contribution in [-0.4, -0.2) is 42.4 Å². The van der Waals surface area contributed by atoms with Crippen molar-refractivity contribution in [3.8, 4) is 0 Å². The monoisotopic (exact) mass is 223 g/mol. The molecule has 0 radical (unpaired) electrons. The van der Waals surface area contributed by atoms with Gasteiger partial charge in [0, 0.05) is 13.1 Å². The van der Waals surface area contributed by atoms with Crippen molar-refractivity contribution in [2.24, 2.45) is 0 Å². The maximum absolute atomic E-state index is 13.5. The SMILES string of the molecule is C=CC(F)(F)C(F)N1CC(C)OC(C)C1. The van der Waals surface area contributed by atoms with Crippen molar-refractivity contribution in [2.45, 2.75) is 38.3 Å². The van der Waals surface area contributed by atoms with E-state index in [-0.39, 0.29) is 25.3 Å². The van der Waals surface area contributed by atoms with E-state index in [0.29, 0.717) is 6.08 Å². The summed E-state index contributed by atoms with van der Waals surface area (Å²) in [6, 6.07) is 0. The summed E-state index contributed by atoms with van der Waals surface area (Å²) >= 11 is 0. The third kappa shape index (κ3) is 2.95. The van der Waals surface area contributed by atoms with Crippen molar-refractivity contribution >= 4 is 0 Å². The van der Waals surface area contributed by atoms with Crippen molar-refractivity contribution in [1.29, 1.82) is 0 Å². The van der Waals surface area contributed by atoms with Gasteiger partial charge in [0.15, 0.2) is 0 Å². The number of hydrogen-bond acceptors (Lipinski definition) is 2. The van der Waals surface area contributed by atoms with Crippen LogP contribution in [0.5, 0.6) is 0 Å². The lowest BCUT2D eigenvalue weighted by molar-refractivity contribution is -0.157. The molecule has 1 fully saturated rings. The minimum absolute atomic E-state index is 0.176. The van der Waals surface area contributed by atoms with Crippen molar-refractivity contribution in [1.82, 2.24) is 4.90 Å². The maximum atomic E-state index is 13.5. The van der Waals surface area contributed by atoms with Gasteiger partial charge in [-0.05, 0) is 19.9 Å². The van der Waals surface area contributed by atoms with Crippen LogP contribution in [0, 0.1) is 0 Å². The van der Waals surface area contributed by atoms with Crippen molar-refractivity contribution in [2.75, 3.05) is 13.1 Å². The summed E-state index contributed by atoms with van der Waals surface area (Å²) in [5.41, 5.74) is 0.